The normalized spacial score (nSPS) is 14.0. The first-order valence-corrected chi connectivity index (χ1v) is 6.79. The predicted molar refractivity (Wildman–Crippen MR) is 80.1 cm³/mol. The molecule has 1 aromatic rings. The fourth-order valence-corrected chi connectivity index (χ4v) is 2.64. The lowest BCUT2D eigenvalue weighted by Gasteiger charge is -2.33. The van der Waals surface area contributed by atoms with Gasteiger partial charge in [-0.3, -0.25) is 4.90 Å². The van der Waals surface area contributed by atoms with Crippen LogP contribution < -0.4 is 5.73 Å². The molecule has 0 saturated carbocycles. The van der Waals surface area contributed by atoms with Crippen LogP contribution in [0.15, 0.2) is 18.2 Å². The Labute approximate surface area is 116 Å². The van der Waals surface area contributed by atoms with Crippen LogP contribution in [0, 0.1) is 12.3 Å². The smallest absolute Gasteiger partial charge is 0.0470 e. The number of nitrogens with two attached hydrogens (primary N) is 1. The quantitative estimate of drug-likeness (QED) is 0.904. The van der Waals surface area contributed by atoms with Crippen molar-refractivity contribution in [2.45, 2.75) is 33.7 Å². The maximum Gasteiger partial charge on any atom is 0.0470 e. The predicted octanol–water partition coefficient (Wildman–Crippen LogP) is 3.63. The molecule has 1 aromatic carbocycles. The van der Waals surface area contributed by atoms with Crippen molar-refractivity contribution in [2.24, 2.45) is 11.1 Å². The van der Waals surface area contributed by atoms with Gasteiger partial charge >= 0.3 is 0 Å². The first kappa shape index (κ1) is 15.5. The van der Waals surface area contributed by atoms with Gasteiger partial charge in [0, 0.05) is 24.2 Å². The molecule has 0 aliphatic rings. The molecule has 0 radical (unpaired) electrons. The van der Waals surface area contributed by atoms with Crippen molar-refractivity contribution in [2.75, 3.05) is 20.1 Å². The zero-order chi connectivity index (χ0) is 13.9. The average Bonchev–Trinajstić information content (AvgIpc) is 2.19. The van der Waals surface area contributed by atoms with Crippen molar-refractivity contribution < 1.29 is 0 Å². The topological polar surface area (TPSA) is 29.3 Å². The summed E-state index contributed by atoms with van der Waals surface area (Å²) in [4.78, 5) is 2.33. The lowest BCUT2D eigenvalue weighted by Crippen LogP contribution is -2.36. The number of halogens is 1. The summed E-state index contributed by atoms with van der Waals surface area (Å²) in [6, 6.07) is 6.29. The van der Waals surface area contributed by atoms with E-state index in [1.807, 2.05) is 12.1 Å². The van der Waals surface area contributed by atoms with Crippen molar-refractivity contribution >= 4 is 11.6 Å². The third-order valence-corrected chi connectivity index (χ3v) is 3.31. The summed E-state index contributed by atoms with van der Waals surface area (Å²) in [5.41, 5.74) is 8.70. The lowest BCUT2D eigenvalue weighted by atomic mass is 9.93. The van der Waals surface area contributed by atoms with Gasteiger partial charge in [-0.25, -0.2) is 0 Å². The van der Waals surface area contributed by atoms with E-state index in [0.29, 0.717) is 6.54 Å². The van der Waals surface area contributed by atoms with Crippen LogP contribution in [0.25, 0.3) is 0 Å². The highest BCUT2D eigenvalue weighted by molar-refractivity contribution is 6.30. The minimum atomic E-state index is 0.251. The molecule has 18 heavy (non-hydrogen) atoms. The summed E-state index contributed by atoms with van der Waals surface area (Å²) in [5, 5.41) is 0.783. The van der Waals surface area contributed by atoms with Gasteiger partial charge in [0.05, 0.1) is 0 Å². The van der Waals surface area contributed by atoms with Crippen LogP contribution in [-0.2, 0) is 0 Å². The Morgan fingerprint density at radius 2 is 1.94 bits per heavy atom. The second kappa shape index (κ2) is 6.05. The number of hydrogen-bond acceptors (Lipinski definition) is 2. The molecular weight excluding hydrogens is 244 g/mol. The van der Waals surface area contributed by atoms with E-state index in [1.54, 1.807) is 0 Å². The SMILES string of the molecule is Cc1cc(Cl)ccc1C(CN)N(C)CC(C)(C)C. The fourth-order valence-electron chi connectivity index (χ4n) is 2.42. The van der Waals surface area contributed by atoms with E-state index in [1.165, 1.54) is 11.1 Å². The zero-order valence-electron chi connectivity index (χ0n) is 12.1. The third-order valence-electron chi connectivity index (χ3n) is 3.07. The number of aryl methyl sites for hydroxylation is 1. The van der Waals surface area contributed by atoms with Gasteiger partial charge in [-0.15, -0.1) is 0 Å². The Morgan fingerprint density at radius 1 is 1.33 bits per heavy atom. The Hall–Kier alpha value is -0.570. The Kier molecular flexibility index (Phi) is 5.20. The van der Waals surface area contributed by atoms with Crippen LogP contribution in [0.5, 0.6) is 0 Å². The van der Waals surface area contributed by atoms with E-state index in [0.717, 1.165) is 11.6 Å². The van der Waals surface area contributed by atoms with Crippen molar-refractivity contribution in [3.63, 3.8) is 0 Å². The van der Waals surface area contributed by atoms with Gasteiger partial charge in [-0.05, 0) is 42.6 Å². The maximum atomic E-state index is 6.01. The standard InChI is InChI=1S/C15H25ClN2/c1-11-8-12(16)6-7-13(11)14(9-17)18(5)10-15(2,3)4/h6-8,14H,9-10,17H2,1-5H3. The number of nitrogens with zero attached hydrogens (tertiary/aromatic N) is 1. The minimum absolute atomic E-state index is 0.251. The minimum Gasteiger partial charge on any atom is -0.329 e. The number of rotatable bonds is 4. The number of benzene rings is 1. The van der Waals surface area contributed by atoms with Crippen LogP contribution in [-0.4, -0.2) is 25.0 Å². The molecule has 1 rings (SSSR count). The molecular formula is C15H25ClN2. The highest BCUT2D eigenvalue weighted by Crippen LogP contribution is 2.27. The van der Waals surface area contributed by atoms with Gasteiger partial charge in [0.15, 0.2) is 0 Å². The van der Waals surface area contributed by atoms with Gasteiger partial charge in [0.2, 0.25) is 0 Å². The van der Waals surface area contributed by atoms with E-state index >= 15 is 0 Å². The molecule has 0 amide bonds. The average molecular weight is 269 g/mol. The van der Waals surface area contributed by atoms with Crippen LogP contribution in [0.1, 0.15) is 37.9 Å². The van der Waals surface area contributed by atoms with Crippen LogP contribution >= 0.6 is 11.6 Å². The highest BCUT2D eigenvalue weighted by atomic mass is 35.5. The third kappa shape index (κ3) is 4.27. The van der Waals surface area contributed by atoms with Crippen LogP contribution in [0.2, 0.25) is 5.02 Å². The zero-order valence-corrected chi connectivity index (χ0v) is 12.9. The first-order valence-electron chi connectivity index (χ1n) is 6.41. The van der Waals surface area contributed by atoms with Crippen molar-refractivity contribution in [1.82, 2.24) is 4.90 Å². The number of likely N-dealkylation sites (N-methyl/N-ethyl adjacent to an activating group) is 1. The van der Waals surface area contributed by atoms with Crippen LogP contribution in [0.3, 0.4) is 0 Å². The molecule has 2 nitrogen and oxygen atoms in total. The lowest BCUT2D eigenvalue weighted by molar-refractivity contribution is 0.175. The van der Waals surface area contributed by atoms with Gasteiger partial charge in [0.25, 0.3) is 0 Å². The van der Waals surface area contributed by atoms with E-state index < -0.39 is 0 Å². The monoisotopic (exact) mass is 268 g/mol. The molecule has 0 heterocycles. The van der Waals surface area contributed by atoms with Gasteiger partial charge in [0.1, 0.15) is 0 Å². The summed E-state index contributed by atoms with van der Waals surface area (Å²) < 4.78 is 0. The number of hydrogen-bond donors (Lipinski definition) is 1. The summed E-state index contributed by atoms with van der Waals surface area (Å²) >= 11 is 6.01. The second-order valence-corrected chi connectivity index (χ2v) is 6.66. The molecule has 1 unspecified atom stereocenters. The van der Waals surface area contributed by atoms with Crippen molar-refractivity contribution in [3.8, 4) is 0 Å². The molecule has 2 N–H and O–H groups in total. The largest absolute Gasteiger partial charge is 0.329 e. The molecule has 3 heteroatoms. The van der Waals surface area contributed by atoms with Crippen molar-refractivity contribution in [3.05, 3.63) is 34.3 Å². The highest BCUT2D eigenvalue weighted by Gasteiger charge is 2.22. The molecule has 0 aromatic heterocycles. The Bertz CT molecular complexity index is 396. The second-order valence-electron chi connectivity index (χ2n) is 6.23. The Morgan fingerprint density at radius 3 is 2.39 bits per heavy atom. The van der Waals surface area contributed by atoms with Crippen molar-refractivity contribution in [1.29, 1.82) is 0 Å². The maximum absolute atomic E-state index is 6.01. The summed E-state index contributed by atoms with van der Waals surface area (Å²) in [6.07, 6.45) is 0. The van der Waals surface area contributed by atoms with E-state index in [-0.39, 0.29) is 11.5 Å². The van der Waals surface area contributed by atoms with Crippen LogP contribution in [0.4, 0.5) is 0 Å². The van der Waals surface area contributed by atoms with Gasteiger partial charge in [-0.1, -0.05) is 38.4 Å². The van der Waals surface area contributed by atoms with Gasteiger partial charge < -0.3 is 5.73 Å². The molecule has 1 atom stereocenters. The van der Waals surface area contributed by atoms with E-state index in [2.05, 4.69) is 45.7 Å². The molecule has 0 aliphatic heterocycles. The molecule has 0 spiro atoms. The van der Waals surface area contributed by atoms with Gasteiger partial charge in [-0.2, -0.15) is 0 Å². The molecule has 0 saturated heterocycles. The summed E-state index contributed by atoms with van der Waals surface area (Å²) in [6.45, 7) is 10.4. The first-order chi connectivity index (χ1) is 8.24. The molecule has 0 bridgehead atoms. The molecule has 0 aliphatic carbocycles. The van der Waals surface area contributed by atoms with E-state index in [4.69, 9.17) is 17.3 Å². The summed E-state index contributed by atoms with van der Waals surface area (Å²) in [5.74, 6) is 0. The Balaban J connectivity index is 2.95. The summed E-state index contributed by atoms with van der Waals surface area (Å²) in [7, 11) is 2.14. The fraction of sp³-hybridized carbons (Fsp3) is 0.600. The molecule has 0 fully saturated rings. The van der Waals surface area contributed by atoms with E-state index in [9.17, 15) is 0 Å². The molecule has 102 valence electrons.